The summed E-state index contributed by atoms with van der Waals surface area (Å²) in [5.74, 6) is -0.918. The molecule has 2 aliphatic rings. The monoisotopic (exact) mass is 363 g/mol. The zero-order chi connectivity index (χ0) is 19.6. The van der Waals surface area contributed by atoms with Crippen molar-refractivity contribution in [2.45, 2.75) is 77.6 Å². The minimum Gasteiger partial charge on any atom is -0.478 e. The third kappa shape index (κ3) is 2.62. The first-order chi connectivity index (χ1) is 12.7. The molecule has 2 aliphatic carbocycles. The second-order valence-corrected chi connectivity index (χ2v) is 9.16. The number of benzene rings is 1. The molecule has 1 saturated carbocycles. The first-order valence-corrected chi connectivity index (χ1v) is 10.0. The fraction of sp³-hybridized carbons (Fsp3) is 0.500. The zero-order valence-corrected chi connectivity index (χ0v) is 17.1. The Balaban J connectivity index is 1.90. The van der Waals surface area contributed by atoms with Crippen LogP contribution in [-0.4, -0.2) is 16.1 Å². The summed E-state index contributed by atoms with van der Waals surface area (Å²) in [6.45, 7) is 11.6. The molecule has 0 aliphatic heterocycles. The summed E-state index contributed by atoms with van der Waals surface area (Å²) >= 11 is 0. The number of carboxylic acid groups (broad SMARTS) is 1. The lowest BCUT2D eigenvalue weighted by Crippen LogP contribution is -2.28. The van der Waals surface area contributed by atoms with Gasteiger partial charge in [-0.3, -0.25) is 4.98 Å². The molecule has 1 fully saturated rings. The molecule has 3 nitrogen and oxygen atoms in total. The third-order valence-electron chi connectivity index (χ3n) is 7.08. The molecule has 4 rings (SSSR count). The van der Waals surface area contributed by atoms with Crippen molar-refractivity contribution in [3.63, 3.8) is 0 Å². The Bertz CT molecular complexity index is 934. The fourth-order valence-electron chi connectivity index (χ4n) is 5.56. The summed E-state index contributed by atoms with van der Waals surface area (Å²) in [6, 6.07) is 3.62. The van der Waals surface area contributed by atoms with Crippen LogP contribution in [0.1, 0.15) is 89.0 Å². The van der Waals surface area contributed by atoms with Gasteiger partial charge in [0.1, 0.15) is 0 Å². The van der Waals surface area contributed by atoms with Gasteiger partial charge in [-0.15, -0.1) is 0 Å². The molecule has 2 aromatic rings. The summed E-state index contributed by atoms with van der Waals surface area (Å²) in [5, 5.41) is 9.18. The van der Waals surface area contributed by atoms with Crippen molar-refractivity contribution < 1.29 is 9.90 Å². The number of pyridine rings is 1. The van der Waals surface area contributed by atoms with E-state index in [0.29, 0.717) is 0 Å². The first-order valence-electron chi connectivity index (χ1n) is 10.0. The predicted octanol–water partition coefficient (Wildman–Crippen LogP) is 5.40. The second kappa shape index (κ2) is 5.92. The van der Waals surface area contributed by atoms with Crippen LogP contribution >= 0.6 is 0 Å². The van der Waals surface area contributed by atoms with Gasteiger partial charge in [0.15, 0.2) is 0 Å². The van der Waals surface area contributed by atoms with Crippen LogP contribution in [0.25, 0.3) is 0 Å². The maximum atomic E-state index is 11.2. The van der Waals surface area contributed by atoms with Crippen molar-refractivity contribution in [1.29, 1.82) is 0 Å². The number of aromatic nitrogens is 1. The van der Waals surface area contributed by atoms with E-state index in [1.54, 1.807) is 17.2 Å². The molecule has 1 aromatic carbocycles. The van der Waals surface area contributed by atoms with E-state index in [-0.39, 0.29) is 16.4 Å². The Hall–Kier alpha value is -2.16. The second-order valence-electron chi connectivity index (χ2n) is 9.16. The van der Waals surface area contributed by atoms with Crippen LogP contribution in [0.2, 0.25) is 0 Å². The first kappa shape index (κ1) is 18.2. The van der Waals surface area contributed by atoms with Gasteiger partial charge in [-0.2, -0.15) is 0 Å². The minimum atomic E-state index is -0.918. The van der Waals surface area contributed by atoms with Crippen LogP contribution in [0.15, 0.2) is 18.3 Å². The molecule has 3 heteroatoms. The van der Waals surface area contributed by atoms with Crippen LogP contribution in [0.4, 0.5) is 0 Å². The number of carbonyl (C=O) groups is 1. The fourth-order valence-corrected chi connectivity index (χ4v) is 5.56. The van der Waals surface area contributed by atoms with Crippen molar-refractivity contribution in [3.8, 4) is 0 Å². The minimum absolute atomic E-state index is 0.0351. The topological polar surface area (TPSA) is 50.2 Å². The predicted molar refractivity (Wildman–Crippen MR) is 108 cm³/mol. The Morgan fingerprint density at radius 3 is 2.22 bits per heavy atom. The van der Waals surface area contributed by atoms with Gasteiger partial charge >= 0.3 is 5.97 Å². The van der Waals surface area contributed by atoms with E-state index in [1.165, 1.54) is 47.7 Å². The zero-order valence-electron chi connectivity index (χ0n) is 17.1. The van der Waals surface area contributed by atoms with Gasteiger partial charge in [0.2, 0.25) is 0 Å². The van der Waals surface area contributed by atoms with Crippen LogP contribution in [-0.2, 0) is 17.3 Å². The number of fused-ring (bicyclic) bond motifs is 1. The van der Waals surface area contributed by atoms with Crippen LogP contribution in [0, 0.1) is 20.8 Å². The van der Waals surface area contributed by atoms with Crippen LogP contribution in [0.3, 0.4) is 0 Å². The lowest BCUT2D eigenvalue weighted by atomic mass is 9.66. The van der Waals surface area contributed by atoms with Gasteiger partial charge in [-0.25, -0.2) is 4.79 Å². The summed E-state index contributed by atoms with van der Waals surface area (Å²) in [4.78, 5) is 15.8. The number of hydrogen-bond acceptors (Lipinski definition) is 2. The lowest BCUT2D eigenvalue weighted by molar-refractivity contribution is 0.0696. The molecule has 0 unspecified atom stereocenters. The SMILES string of the molecule is Cc1c(C)c(C2(c3ccc(C(=O)O)cn3)CC2)c(C)c2c1C(C)(C)CCC2. The number of nitrogens with zero attached hydrogens (tertiary/aromatic N) is 1. The molecule has 0 radical (unpaired) electrons. The molecule has 0 saturated heterocycles. The molecule has 0 atom stereocenters. The quantitative estimate of drug-likeness (QED) is 0.794. The van der Waals surface area contributed by atoms with Crippen molar-refractivity contribution >= 4 is 5.97 Å². The summed E-state index contributed by atoms with van der Waals surface area (Å²) in [5.41, 5.74) is 10.4. The molecule has 142 valence electrons. The highest BCUT2D eigenvalue weighted by Crippen LogP contribution is 2.57. The standard InChI is InChI=1S/C24H29NO2/c1-14-15(2)21-18(7-6-10-23(21,4)5)16(3)20(14)24(11-12-24)19-9-8-17(13-25-19)22(26)27/h8-9,13H,6-7,10-12H2,1-5H3,(H,26,27). The van der Waals surface area contributed by atoms with Gasteiger partial charge < -0.3 is 5.11 Å². The lowest BCUT2D eigenvalue weighted by Gasteiger charge is -2.38. The van der Waals surface area contributed by atoms with E-state index in [0.717, 1.165) is 18.5 Å². The molecular weight excluding hydrogens is 334 g/mol. The molecule has 27 heavy (non-hydrogen) atoms. The smallest absolute Gasteiger partial charge is 0.337 e. The molecule has 0 amide bonds. The number of aromatic carboxylic acids is 1. The molecule has 1 heterocycles. The summed E-state index contributed by atoms with van der Waals surface area (Å²) in [6.07, 6.45) is 7.37. The van der Waals surface area contributed by atoms with Crippen molar-refractivity contribution in [2.75, 3.05) is 0 Å². The average molecular weight is 364 g/mol. The van der Waals surface area contributed by atoms with E-state index in [1.807, 2.05) is 6.07 Å². The molecule has 1 aromatic heterocycles. The molecule has 0 bridgehead atoms. The van der Waals surface area contributed by atoms with Crippen molar-refractivity contribution in [1.82, 2.24) is 4.98 Å². The highest BCUT2D eigenvalue weighted by Gasteiger charge is 2.50. The highest BCUT2D eigenvalue weighted by atomic mass is 16.4. The van der Waals surface area contributed by atoms with Gasteiger partial charge in [0, 0.05) is 11.6 Å². The Labute approximate surface area is 161 Å². The van der Waals surface area contributed by atoms with Gasteiger partial charge in [-0.05, 0) is 104 Å². The number of carboxylic acids is 1. The molecular formula is C24H29NO2. The Morgan fingerprint density at radius 2 is 1.67 bits per heavy atom. The van der Waals surface area contributed by atoms with Crippen LogP contribution in [0.5, 0.6) is 0 Å². The van der Waals surface area contributed by atoms with Gasteiger partial charge in [0.05, 0.1) is 11.3 Å². The number of hydrogen-bond donors (Lipinski definition) is 1. The Kier molecular flexibility index (Phi) is 3.99. The normalized spacial score (nSPS) is 19.4. The largest absolute Gasteiger partial charge is 0.478 e. The molecule has 0 spiro atoms. The maximum Gasteiger partial charge on any atom is 0.337 e. The summed E-state index contributed by atoms with van der Waals surface area (Å²) < 4.78 is 0. The maximum absolute atomic E-state index is 11.2. The van der Waals surface area contributed by atoms with Crippen LogP contribution < -0.4 is 0 Å². The van der Waals surface area contributed by atoms with E-state index in [9.17, 15) is 9.90 Å². The van der Waals surface area contributed by atoms with Gasteiger partial charge in [0.25, 0.3) is 0 Å². The van der Waals surface area contributed by atoms with E-state index in [4.69, 9.17) is 0 Å². The number of rotatable bonds is 3. The molecule has 1 N–H and O–H groups in total. The van der Waals surface area contributed by atoms with Crippen molar-refractivity contribution in [2.24, 2.45) is 0 Å². The summed E-state index contributed by atoms with van der Waals surface area (Å²) in [7, 11) is 0. The van der Waals surface area contributed by atoms with Crippen molar-refractivity contribution in [3.05, 3.63) is 63.0 Å². The van der Waals surface area contributed by atoms with Gasteiger partial charge in [-0.1, -0.05) is 13.8 Å². The van der Waals surface area contributed by atoms with E-state index < -0.39 is 5.97 Å². The van der Waals surface area contributed by atoms with E-state index >= 15 is 0 Å². The van der Waals surface area contributed by atoms with E-state index in [2.05, 4.69) is 39.6 Å². The Morgan fingerprint density at radius 1 is 1.00 bits per heavy atom. The highest BCUT2D eigenvalue weighted by molar-refractivity contribution is 5.87. The average Bonchev–Trinajstić information content (AvgIpc) is 3.41. The third-order valence-corrected chi connectivity index (χ3v) is 7.08.